The molecule has 1 amide bonds. The lowest BCUT2D eigenvalue weighted by Crippen LogP contribution is -2.30. The molecular weight excluding hydrogens is 391 g/mol. The van der Waals surface area contributed by atoms with Crippen LogP contribution in [0.2, 0.25) is 10.0 Å². The lowest BCUT2D eigenvalue weighted by atomic mass is 10.2. The number of nitrogens with zero attached hydrogens (tertiary/aromatic N) is 4. The van der Waals surface area contributed by atoms with Crippen LogP contribution in [0.4, 0.5) is 5.95 Å². The lowest BCUT2D eigenvalue weighted by Gasteiger charge is -2.11. The Kier molecular flexibility index (Phi) is 5.88. The van der Waals surface area contributed by atoms with Gasteiger partial charge in [0.25, 0.3) is 5.56 Å². The number of carbonyl (C=O) groups excluding carboxylic acids is 1. The highest BCUT2D eigenvalue weighted by molar-refractivity contribution is 6.42. The molecule has 0 spiro atoms. The Bertz CT molecular complexity index is 1050. The van der Waals surface area contributed by atoms with Gasteiger partial charge in [-0.25, -0.2) is 9.97 Å². The topological polar surface area (TPSA) is 102 Å². The van der Waals surface area contributed by atoms with Crippen molar-refractivity contribution < 1.29 is 4.79 Å². The van der Waals surface area contributed by atoms with Crippen molar-refractivity contribution in [2.24, 2.45) is 0 Å². The van der Waals surface area contributed by atoms with Crippen molar-refractivity contribution in [3.8, 4) is 0 Å². The molecule has 0 fully saturated rings. The number of fused-ring (bicyclic) bond motifs is 1. The molecule has 0 unspecified atom stereocenters. The van der Waals surface area contributed by atoms with E-state index in [-0.39, 0.29) is 18.0 Å². The van der Waals surface area contributed by atoms with E-state index in [1.807, 2.05) is 6.07 Å². The van der Waals surface area contributed by atoms with Gasteiger partial charge in [-0.3, -0.25) is 14.2 Å². The summed E-state index contributed by atoms with van der Waals surface area (Å²) in [6.07, 6.45) is 2.75. The van der Waals surface area contributed by atoms with Crippen LogP contribution in [0.15, 0.2) is 35.4 Å². The van der Waals surface area contributed by atoms with Gasteiger partial charge in [0.15, 0.2) is 5.65 Å². The smallest absolute Gasteiger partial charge is 0.270 e. The molecule has 27 heavy (non-hydrogen) atoms. The number of carbonyl (C=O) groups is 1. The number of halogens is 2. The second kappa shape index (κ2) is 8.32. The van der Waals surface area contributed by atoms with Crippen molar-refractivity contribution in [3.05, 3.63) is 56.6 Å². The summed E-state index contributed by atoms with van der Waals surface area (Å²) in [5, 5.41) is 6.69. The molecule has 3 rings (SSSR count). The Morgan fingerprint density at radius 1 is 1.19 bits per heavy atom. The second-order valence-electron chi connectivity index (χ2n) is 5.74. The van der Waals surface area contributed by atoms with E-state index in [1.54, 1.807) is 12.1 Å². The molecule has 0 aliphatic carbocycles. The summed E-state index contributed by atoms with van der Waals surface area (Å²) in [5.74, 6) is 0.175. The molecule has 0 saturated carbocycles. The zero-order valence-corrected chi connectivity index (χ0v) is 15.9. The van der Waals surface area contributed by atoms with E-state index in [0.717, 1.165) is 5.56 Å². The van der Waals surface area contributed by atoms with Gasteiger partial charge in [-0.05, 0) is 17.7 Å². The number of rotatable bonds is 6. The predicted molar refractivity (Wildman–Crippen MR) is 104 cm³/mol. The minimum absolute atomic E-state index is 0.167. The minimum Gasteiger partial charge on any atom is -0.355 e. The largest absolute Gasteiger partial charge is 0.355 e. The average Bonchev–Trinajstić information content (AvgIpc) is 2.64. The maximum absolute atomic E-state index is 12.1. The van der Waals surface area contributed by atoms with Crippen molar-refractivity contribution in [2.75, 3.05) is 11.9 Å². The number of benzene rings is 1. The van der Waals surface area contributed by atoms with Crippen LogP contribution in [0.5, 0.6) is 0 Å². The molecule has 0 aliphatic rings. The van der Waals surface area contributed by atoms with E-state index in [1.165, 1.54) is 23.9 Å². The highest BCUT2D eigenvalue weighted by Crippen LogP contribution is 2.22. The minimum atomic E-state index is -0.304. The molecule has 1 aromatic carbocycles. The van der Waals surface area contributed by atoms with Crippen LogP contribution >= 0.6 is 23.2 Å². The molecule has 2 heterocycles. The molecule has 0 bridgehead atoms. The van der Waals surface area contributed by atoms with E-state index < -0.39 is 0 Å². The van der Waals surface area contributed by atoms with Crippen molar-refractivity contribution >= 4 is 46.2 Å². The predicted octanol–water partition coefficient (Wildman–Crippen LogP) is 2.24. The summed E-state index contributed by atoms with van der Waals surface area (Å²) < 4.78 is 1.45. The fraction of sp³-hybridized carbons (Fsp3) is 0.235. The van der Waals surface area contributed by atoms with Gasteiger partial charge in [-0.2, -0.15) is 4.98 Å². The molecule has 10 heteroatoms. The number of anilines is 1. The SMILES string of the molecule is CC(=O)NCCn1c(=O)cnc2cnc(NCc3ccc(Cl)c(Cl)c3)nc21. The molecule has 8 nitrogen and oxygen atoms in total. The van der Waals surface area contributed by atoms with Gasteiger partial charge in [0.1, 0.15) is 5.52 Å². The van der Waals surface area contributed by atoms with Gasteiger partial charge in [0.2, 0.25) is 11.9 Å². The summed E-state index contributed by atoms with van der Waals surface area (Å²) in [6, 6.07) is 5.31. The van der Waals surface area contributed by atoms with Gasteiger partial charge >= 0.3 is 0 Å². The molecule has 0 radical (unpaired) electrons. The maximum atomic E-state index is 12.1. The van der Waals surface area contributed by atoms with E-state index >= 15 is 0 Å². The zero-order valence-electron chi connectivity index (χ0n) is 14.4. The molecular formula is C17H16Cl2N6O2. The van der Waals surface area contributed by atoms with Crippen molar-refractivity contribution in [1.29, 1.82) is 0 Å². The number of nitrogens with one attached hydrogen (secondary N) is 2. The molecule has 2 aromatic heterocycles. The standard InChI is InChI=1S/C17H16Cl2N6O2/c1-10(26)20-4-5-25-15(27)9-21-14-8-23-17(24-16(14)25)22-7-11-2-3-12(18)13(19)6-11/h2-3,6,8-9H,4-5,7H2,1H3,(H,20,26)(H,22,23,24). The van der Waals surface area contributed by atoms with Crippen LogP contribution in [0.3, 0.4) is 0 Å². The first-order chi connectivity index (χ1) is 12.9. The van der Waals surface area contributed by atoms with Crippen LogP contribution in [-0.2, 0) is 17.9 Å². The first-order valence-corrected chi connectivity index (χ1v) is 8.84. The van der Waals surface area contributed by atoms with Crippen LogP contribution < -0.4 is 16.2 Å². The number of hydrogen-bond donors (Lipinski definition) is 2. The molecule has 0 saturated heterocycles. The lowest BCUT2D eigenvalue weighted by molar-refractivity contribution is -0.118. The normalized spacial score (nSPS) is 10.8. The Morgan fingerprint density at radius 2 is 2.00 bits per heavy atom. The average molecular weight is 407 g/mol. The Morgan fingerprint density at radius 3 is 2.74 bits per heavy atom. The molecule has 3 aromatic rings. The first kappa shape index (κ1) is 19.1. The second-order valence-corrected chi connectivity index (χ2v) is 6.55. The molecule has 0 atom stereocenters. The van der Waals surface area contributed by atoms with Crippen LogP contribution in [0.25, 0.3) is 11.2 Å². The van der Waals surface area contributed by atoms with Gasteiger partial charge in [-0.1, -0.05) is 29.3 Å². The van der Waals surface area contributed by atoms with Crippen LogP contribution in [0, 0.1) is 0 Å². The molecule has 2 N–H and O–H groups in total. The molecule has 140 valence electrons. The summed E-state index contributed by atoms with van der Waals surface area (Å²) in [6.45, 7) is 2.44. The van der Waals surface area contributed by atoms with Crippen molar-refractivity contribution in [3.63, 3.8) is 0 Å². The van der Waals surface area contributed by atoms with Crippen LogP contribution in [-0.4, -0.2) is 32.0 Å². The Balaban J connectivity index is 1.83. The fourth-order valence-electron chi connectivity index (χ4n) is 2.43. The maximum Gasteiger partial charge on any atom is 0.270 e. The number of aromatic nitrogens is 4. The van der Waals surface area contributed by atoms with Crippen molar-refractivity contribution in [2.45, 2.75) is 20.0 Å². The summed E-state index contributed by atoms with van der Waals surface area (Å²) in [7, 11) is 0. The Hall–Kier alpha value is -2.71. The summed E-state index contributed by atoms with van der Waals surface area (Å²) in [5.41, 5.74) is 1.47. The monoisotopic (exact) mass is 406 g/mol. The highest BCUT2D eigenvalue weighted by atomic mass is 35.5. The van der Waals surface area contributed by atoms with E-state index in [0.29, 0.717) is 40.2 Å². The number of amides is 1. The van der Waals surface area contributed by atoms with Gasteiger partial charge in [0.05, 0.1) is 22.4 Å². The third kappa shape index (κ3) is 4.72. The van der Waals surface area contributed by atoms with E-state index in [9.17, 15) is 9.59 Å². The fourth-order valence-corrected chi connectivity index (χ4v) is 2.75. The van der Waals surface area contributed by atoms with Gasteiger partial charge in [0, 0.05) is 26.6 Å². The van der Waals surface area contributed by atoms with Crippen LogP contribution in [0.1, 0.15) is 12.5 Å². The first-order valence-electron chi connectivity index (χ1n) is 8.09. The molecule has 0 aliphatic heterocycles. The van der Waals surface area contributed by atoms with E-state index in [4.69, 9.17) is 23.2 Å². The number of hydrogen-bond acceptors (Lipinski definition) is 6. The third-order valence-corrected chi connectivity index (χ3v) is 4.47. The third-order valence-electron chi connectivity index (χ3n) is 3.73. The van der Waals surface area contributed by atoms with E-state index in [2.05, 4.69) is 25.6 Å². The zero-order chi connectivity index (χ0) is 19.4. The summed E-state index contributed by atoms with van der Waals surface area (Å²) >= 11 is 11.9. The Labute approximate surface area is 164 Å². The highest BCUT2D eigenvalue weighted by Gasteiger charge is 2.09. The van der Waals surface area contributed by atoms with Gasteiger partial charge in [-0.15, -0.1) is 0 Å². The quantitative estimate of drug-likeness (QED) is 0.650. The summed E-state index contributed by atoms with van der Waals surface area (Å²) in [4.78, 5) is 35.9. The van der Waals surface area contributed by atoms with Gasteiger partial charge < -0.3 is 10.6 Å². The van der Waals surface area contributed by atoms with Crippen molar-refractivity contribution in [1.82, 2.24) is 24.8 Å².